The summed E-state index contributed by atoms with van der Waals surface area (Å²) in [7, 11) is 0. The molecule has 2 aromatic rings. The van der Waals surface area contributed by atoms with Crippen molar-refractivity contribution in [2.24, 2.45) is 0 Å². The van der Waals surface area contributed by atoms with Crippen LogP contribution in [0.15, 0.2) is 48.5 Å². The summed E-state index contributed by atoms with van der Waals surface area (Å²) in [6, 6.07) is 15.2. The zero-order chi connectivity index (χ0) is 14.7. The van der Waals surface area contributed by atoms with Gasteiger partial charge < -0.3 is 21.7 Å². The van der Waals surface area contributed by atoms with Crippen LogP contribution in [0.1, 0.15) is 17.8 Å². The molecule has 0 spiro atoms. The normalized spacial score (nSPS) is 13.6. The molecule has 1 amide bonds. The molecule has 5 heteroatoms. The first-order chi connectivity index (χ1) is 10.2. The van der Waals surface area contributed by atoms with Gasteiger partial charge in [0.1, 0.15) is 0 Å². The molecule has 0 unspecified atom stereocenters. The first-order valence-corrected chi connectivity index (χ1v) is 6.95. The molecule has 0 aliphatic carbocycles. The molecule has 5 N–H and O–H groups in total. The van der Waals surface area contributed by atoms with E-state index in [0.29, 0.717) is 23.0 Å². The van der Waals surface area contributed by atoms with Gasteiger partial charge in [0.05, 0.1) is 17.4 Å². The fourth-order valence-electron chi connectivity index (χ4n) is 2.15. The standard InChI is InChI=1S/C16H18N4O.CH4/c17-14-3-1-2-4-15(14)20-16(21)11-5-7-12(8-6-11)19-13-9-18-10-13;/h1-8,13,18-19H,9-10,17H2,(H,20,21);1H4. The molecule has 0 bridgehead atoms. The number of benzene rings is 2. The highest BCUT2D eigenvalue weighted by Gasteiger charge is 2.16. The summed E-state index contributed by atoms with van der Waals surface area (Å²) in [5.41, 5.74) is 8.64. The number of amides is 1. The Balaban J connectivity index is 0.00000176. The molecule has 2 aromatic carbocycles. The Morgan fingerprint density at radius 1 is 1.09 bits per heavy atom. The minimum absolute atomic E-state index is 0. The van der Waals surface area contributed by atoms with Gasteiger partial charge in [0.2, 0.25) is 0 Å². The zero-order valence-corrected chi connectivity index (χ0v) is 11.6. The third-order valence-electron chi connectivity index (χ3n) is 3.51. The molecule has 0 radical (unpaired) electrons. The highest BCUT2D eigenvalue weighted by Crippen LogP contribution is 2.18. The molecule has 1 aliphatic rings. The van der Waals surface area contributed by atoms with Crippen LogP contribution in [0.4, 0.5) is 17.1 Å². The van der Waals surface area contributed by atoms with E-state index in [1.54, 1.807) is 12.1 Å². The van der Waals surface area contributed by atoms with Crippen LogP contribution in [0.25, 0.3) is 0 Å². The molecule has 1 aliphatic heterocycles. The second-order valence-electron chi connectivity index (χ2n) is 5.12. The van der Waals surface area contributed by atoms with Crippen LogP contribution >= 0.6 is 0 Å². The Labute approximate surface area is 130 Å². The fraction of sp³-hybridized carbons (Fsp3) is 0.235. The zero-order valence-electron chi connectivity index (χ0n) is 11.6. The molecule has 0 atom stereocenters. The molecular formula is C17H22N4O. The van der Waals surface area contributed by atoms with E-state index in [4.69, 9.17) is 5.73 Å². The first-order valence-electron chi connectivity index (χ1n) is 6.95. The molecule has 22 heavy (non-hydrogen) atoms. The Morgan fingerprint density at radius 3 is 2.36 bits per heavy atom. The lowest BCUT2D eigenvalue weighted by Gasteiger charge is -2.29. The third kappa shape index (κ3) is 3.56. The Morgan fingerprint density at radius 2 is 1.77 bits per heavy atom. The number of hydrogen-bond donors (Lipinski definition) is 4. The van der Waals surface area contributed by atoms with Gasteiger partial charge >= 0.3 is 0 Å². The minimum atomic E-state index is -0.162. The van der Waals surface area contributed by atoms with Crippen LogP contribution in [0.3, 0.4) is 0 Å². The molecule has 0 saturated carbocycles. The number of carbonyl (C=O) groups is 1. The number of nitrogens with two attached hydrogens (primary N) is 1. The summed E-state index contributed by atoms with van der Waals surface area (Å²) < 4.78 is 0. The predicted molar refractivity (Wildman–Crippen MR) is 92.3 cm³/mol. The molecule has 1 heterocycles. The summed E-state index contributed by atoms with van der Waals surface area (Å²) in [6.07, 6.45) is 0. The molecular weight excluding hydrogens is 276 g/mol. The third-order valence-corrected chi connectivity index (χ3v) is 3.51. The Hall–Kier alpha value is -2.53. The second-order valence-corrected chi connectivity index (χ2v) is 5.12. The van der Waals surface area contributed by atoms with Crippen molar-refractivity contribution in [3.63, 3.8) is 0 Å². The molecule has 1 fully saturated rings. The first kappa shape index (κ1) is 15.9. The maximum Gasteiger partial charge on any atom is 0.255 e. The molecule has 3 rings (SSSR count). The summed E-state index contributed by atoms with van der Waals surface area (Å²) in [4.78, 5) is 12.2. The van der Waals surface area contributed by atoms with Crippen LogP contribution in [0.5, 0.6) is 0 Å². The van der Waals surface area contributed by atoms with Crippen LogP contribution in [0, 0.1) is 0 Å². The van der Waals surface area contributed by atoms with Gasteiger partial charge in [-0.15, -0.1) is 0 Å². The van der Waals surface area contributed by atoms with Crippen molar-refractivity contribution < 1.29 is 4.79 Å². The van der Waals surface area contributed by atoms with Crippen molar-refractivity contribution in [2.45, 2.75) is 13.5 Å². The number of carbonyl (C=O) groups excluding carboxylic acids is 1. The minimum Gasteiger partial charge on any atom is -0.397 e. The maximum atomic E-state index is 12.2. The smallest absolute Gasteiger partial charge is 0.255 e. The second kappa shape index (κ2) is 6.95. The number of rotatable bonds is 4. The number of hydrogen-bond acceptors (Lipinski definition) is 4. The monoisotopic (exact) mass is 298 g/mol. The van der Waals surface area contributed by atoms with Crippen molar-refractivity contribution >= 4 is 23.0 Å². The molecule has 0 aromatic heterocycles. The number of para-hydroxylation sites is 2. The van der Waals surface area contributed by atoms with E-state index in [1.165, 1.54) is 0 Å². The van der Waals surface area contributed by atoms with Crippen molar-refractivity contribution in [1.82, 2.24) is 5.32 Å². The highest BCUT2D eigenvalue weighted by atomic mass is 16.1. The van der Waals surface area contributed by atoms with E-state index in [2.05, 4.69) is 16.0 Å². The lowest BCUT2D eigenvalue weighted by Crippen LogP contribution is -2.51. The number of nitrogens with one attached hydrogen (secondary N) is 3. The largest absolute Gasteiger partial charge is 0.397 e. The van der Waals surface area contributed by atoms with Gasteiger partial charge in [0.25, 0.3) is 5.91 Å². The lowest BCUT2D eigenvalue weighted by atomic mass is 10.1. The number of anilines is 3. The van der Waals surface area contributed by atoms with Crippen LogP contribution in [-0.2, 0) is 0 Å². The van der Waals surface area contributed by atoms with Gasteiger partial charge in [0.15, 0.2) is 0 Å². The van der Waals surface area contributed by atoms with Gasteiger partial charge in [-0.05, 0) is 36.4 Å². The van der Waals surface area contributed by atoms with Crippen molar-refractivity contribution in [1.29, 1.82) is 0 Å². The van der Waals surface area contributed by atoms with E-state index in [-0.39, 0.29) is 13.3 Å². The van der Waals surface area contributed by atoms with Gasteiger partial charge in [0, 0.05) is 24.3 Å². The van der Waals surface area contributed by atoms with E-state index in [0.717, 1.165) is 18.8 Å². The highest BCUT2D eigenvalue weighted by molar-refractivity contribution is 6.05. The lowest BCUT2D eigenvalue weighted by molar-refractivity contribution is 0.102. The topological polar surface area (TPSA) is 79.2 Å². The summed E-state index contributed by atoms with van der Waals surface area (Å²) in [5, 5.41) is 9.41. The van der Waals surface area contributed by atoms with Crippen LogP contribution in [0.2, 0.25) is 0 Å². The van der Waals surface area contributed by atoms with Crippen molar-refractivity contribution in [3.8, 4) is 0 Å². The molecule has 5 nitrogen and oxygen atoms in total. The van der Waals surface area contributed by atoms with Gasteiger partial charge in [-0.2, -0.15) is 0 Å². The molecule has 116 valence electrons. The summed E-state index contributed by atoms with van der Waals surface area (Å²) in [5.74, 6) is -0.162. The van der Waals surface area contributed by atoms with Gasteiger partial charge in [-0.1, -0.05) is 19.6 Å². The van der Waals surface area contributed by atoms with E-state index >= 15 is 0 Å². The van der Waals surface area contributed by atoms with E-state index in [9.17, 15) is 4.79 Å². The van der Waals surface area contributed by atoms with E-state index in [1.807, 2.05) is 36.4 Å². The van der Waals surface area contributed by atoms with Gasteiger partial charge in [-0.25, -0.2) is 0 Å². The average molecular weight is 298 g/mol. The average Bonchev–Trinajstić information content (AvgIpc) is 2.46. The molecule has 1 saturated heterocycles. The Bertz CT molecular complexity index is 635. The van der Waals surface area contributed by atoms with E-state index < -0.39 is 0 Å². The number of nitrogen functional groups attached to an aromatic ring is 1. The fourth-order valence-corrected chi connectivity index (χ4v) is 2.15. The van der Waals surface area contributed by atoms with Crippen LogP contribution in [-0.4, -0.2) is 25.0 Å². The maximum absolute atomic E-state index is 12.2. The Kier molecular flexibility index (Phi) is 5.01. The SMILES string of the molecule is C.Nc1ccccc1NC(=O)c1ccc(NC2CNC2)cc1. The summed E-state index contributed by atoms with van der Waals surface area (Å²) >= 11 is 0. The quantitative estimate of drug-likeness (QED) is 0.654. The van der Waals surface area contributed by atoms with Gasteiger partial charge in [-0.3, -0.25) is 4.79 Å². The van der Waals surface area contributed by atoms with Crippen LogP contribution < -0.4 is 21.7 Å². The summed E-state index contributed by atoms with van der Waals surface area (Å²) in [6.45, 7) is 1.96. The van der Waals surface area contributed by atoms with Crippen molar-refractivity contribution in [3.05, 3.63) is 54.1 Å². The predicted octanol–water partition coefficient (Wildman–Crippen LogP) is 2.54. The van der Waals surface area contributed by atoms with Crippen molar-refractivity contribution in [2.75, 3.05) is 29.5 Å².